The Kier molecular flexibility index (Phi) is 11.4. The van der Waals surface area contributed by atoms with Gasteiger partial charge in [0.15, 0.2) is 0 Å². The number of hydrogen-bond donors (Lipinski definition) is 0. The molecule has 2 atom stereocenters. The summed E-state index contributed by atoms with van der Waals surface area (Å²) in [6, 6.07) is 0. The summed E-state index contributed by atoms with van der Waals surface area (Å²) < 4.78 is 0. The van der Waals surface area contributed by atoms with Crippen molar-refractivity contribution in [3.63, 3.8) is 0 Å². The molecule has 0 N–H and O–H groups in total. The first kappa shape index (κ1) is 12.7. The molecule has 2 unspecified atom stereocenters. The lowest BCUT2D eigenvalue weighted by Gasteiger charge is -1.66. The lowest BCUT2D eigenvalue weighted by molar-refractivity contribution is 0.834. The third-order valence-electron chi connectivity index (χ3n) is 1.51. The van der Waals surface area contributed by atoms with Gasteiger partial charge in [0.1, 0.15) is 0 Å². The van der Waals surface area contributed by atoms with Crippen LogP contribution in [0.5, 0.6) is 0 Å². The average Bonchev–Trinajstić information content (AvgIpc) is 2.53. The van der Waals surface area contributed by atoms with Crippen LogP contribution in [0.4, 0.5) is 0 Å². The molecule has 0 aliphatic heterocycles. The lowest BCUT2D eigenvalue weighted by Crippen LogP contribution is -1.58. The summed E-state index contributed by atoms with van der Waals surface area (Å²) in [5, 5.41) is 0. The summed E-state index contributed by atoms with van der Waals surface area (Å²) in [7, 11) is 0. The molecule has 0 saturated heterocycles. The smallest absolute Gasteiger partial charge is 0.0414 e. The van der Waals surface area contributed by atoms with Crippen LogP contribution >= 0.6 is 0 Å². The Morgan fingerprint density at radius 3 is 1.10 bits per heavy atom. The molecule has 0 heteroatoms. The average molecular weight is 144 g/mol. The van der Waals surface area contributed by atoms with Crippen LogP contribution in [-0.4, -0.2) is 0 Å². The van der Waals surface area contributed by atoms with E-state index in [1.54, 1.807) is 0 Å². The fourth-order valence-corrected chi connectivity index (χ4v) is 0.508. The monoisotopic (exact) mass is 144 g/mol. The number of rotatable bonds is 0. The van der Waals surface area contributed by atoms with Gasteiger partial charge < -0.3 is 0 Å². The van der Waals surface area contributed by atoms with E-state index in [1.165, 1.54) is 12.8 Å². The van der Waals surface area contributed by atoms with E-state index in [9.17, 15) is 0 Å². The molecule has 10 heavy (non-hydrogen) atoms. The summed E-state index contributed by atoms with van der Waals surface area (Å²) >= 11 is 0. The van der Waals surface area contributed by atoms with Gasteiger partial charge in [-0.15, -0.1) is 0 Å². The van der Waals surface area contributed by atoms with Gasteiger partial charge in [-0.05, 0) is 18.3 Å². The Hall–Kier alpha value is 0. The molecule has 1 rings (SSSR count). The minimum Gasteiger partial charge on any atom is -0.0683 e. The zero-order chi connectivity index (χ0) is 8.57. The topological polar surface area (TPSA) is 0 Å². The van der Waals surface area contributed by atoms with Gasteiger partial charge in [0, 0.05) is 0 Å². The summed E-state index contributed by atoms with van der Waals surface area (Å²) in [5.41, 5.74) is 0. The first-order valence-electron chi connectivity index (χ1n) is 4.72. The predicted octanol–water partition coefficient (Wildman–Crippen LogP) is 4.10. The van der Waals surface area contributed by atoms with Crippen molar-refractivity contribution in [2.75, 3.05) is 0 Å². The largest absolute Gasteiger partial charge is 0.0683 e. The second kappa shape index (κ2) is 9.00. The highest BCUT2D eigenvalue weighted by Gasteiger charge is 2.26. The normalized spacial score (nSPS) is 27.0. The summed E-state index contributed by atoms with van der Waals surface area (Å²) in [4.78, 5) is 0. The first-order valence-corrected chi connectivity index (χ1v) is 4.72. The van der Waals surface area contributed by atoms with Gasteiger partial charge in [-0.2, -0.15) is 0 Å². The maximum atomic E-state index is 2.30. The second-order valence-corrected chi connectivity index (χ2v) is 2.90. The van der Waals surface area contributed by atoms with Gasteiger partial charge in [0.2, 0.25) is 0 Å². The van der Waals surface area contributed by atoms with Crippen LogP contribution in [0.15, 0.2) is 0 Å². The molecule has 1 saturated carbocycles. The maximum Gasteiger partial charge on any atom is -0.0414 e. The molecule has 0 radical (unpaired) electrons. The fourth-order valence-electron chi connectivity index (χ4n) is 0.508. The third kappa shape index (κ3) is 10.9. The molecule has 1 aliphatic carbocycles. The van der Waals surface area contributed by atoms with Crippen molar-refractivity contribution in [2.24, 2.45) is 11.8 Å². The van der Waals surface area contributed by atoms with Crippen molar-refractivity contribution >= 4 is 0 Å². The van der Waals surface area contributed by atoms with E-state index in [0.29, 0.717) is 0 Å². The van der Waals surface area contributed by atoms with Gasteiger partial charge in [0.05, 0.1) is 0 Å². The molecule has 0 heterocycles. The van der Waals surface area contributed by atoms with Crippen molar-refractivity contribution in [1.82, 2.24) is 0 Å². The maximum absolute atomic E-state index is 2.30. The molecular weight excluding hydrogens is 120 g/mol. The van der Waals surface area contributed by atoms with Crippen molar-refractivity contribution in [3.8, 4) is 0 Å². The zero-order valence-corrected chi connectivity index (χ0v) is 8.57. The quantitative estimate of drug-likeness (QED) is 0.480. The summed E-state index contributed by atoms with van der Waals surface area (Å²) in [6.07, 6.45) is 2.72. The molecule has 64 valence electrons. The lowest BCUT2D eigenvalue weighted by atomic mass is 10.4. The zero-order valence-electron chi connectivity index (χ0n) is 8.57. The highest BCUT2D eigenvalue weighted by Crippen LogP contribution is 2.36. The van der Waals surface area contributed by atoms with Crippen LogP contribution in [0.1, 0.15) is 54.4 Å². The molecule has 1 fully saturated rings. The van der Waals surface area contributed by atoms with Crippen LogP contribution in [0.3, 0.4) is 0 Å². The van der Waals surface area contributed by atoms with E-state index in [-0.39, 0.29) is 0 Å². The molecule has 0 nitrogen and oxygen atoms in total. The Balaban J connectivity index is 0. The molecule has 1 aliphatic rings. The van der Waals surface area contributed by atoms with Crippen LogP contribution in [0, 0.1) is 11.8 Å². The van der Waals surface area contributed by atoms with E-state index in [1.807, 2.05) is 13.8 Å². The van der Waals surface area contributed by atoms with Crippen LogP contribution in [-0.2, 0) is 0 Å². The number of hydrogen-bond acceptors (Lipinski definition) is 0. The van der Waals surface area contributed by atoms with Crippen molar-refractivity contribution in [1.29, 1.82) is 0 Å². The Morgan fingerprint density at radius 2 is 1.10 bits per heavy atom. The molecule has 0 aromatic rings. The second-order valence-electron chi connectivity index (χ2n) is 2.90. The van der Waals surface area contributed by atoms with Crippen molar-refractivity contribution in [3.05, 3.63) is 0 Å². The first-order chi connectivity index (χ1) is 4.72. The molecule has 0 spiro atoms. The Labute approximate surface area is 67.0 Å². The SMILES string of the molecule is CC.CC1CC1C.CCC. The van der Waals surface area contributed by atoms with E-state index in [0.717, 1.165) is 11.8 Å². The van der Waals surface area contributed by atoms with Gasteiger partial charge in [0.25, 0.3) is 0 Å². The predicted molar refractivity (Wildman–Crippen MR) is 50.3 cm³/mol. The summed E-state index contributed by atoms with van der Waals surface area (Å²) in [6.45, 7) is 12.8. The Bertz CT molecular complexity index is 42.0. The van der Waals surface area contributed by atoms with Gasteiger partial charge in [-0.1, -0.05) is 48.0 Å². The molecule has 0 amide bonds. The highest BCUT2D eigenvalue weighted by atomic mass is 14.3. The van der Waals surface area contributed by atoms with Crippen LogP contribution < -0.4 is 0 Å². The van der Waals surface area contributed by atoms with Crippen LogP contribution in [0.2, 0.25) is 0 Å². The molecular formula is C10H24. The Morgan fingerprint density at radius 1 is 1.00 bits per heavy atom. The van der Waals surface area contributed by atoms with E-state index >= 15 is 0 Å². The van der Waals surface area contributed by atoms with Gasteiger partial charge in [-0.25, -0.2) is 0 Å². The molecule has 0 aromatic carbocycles. The summed E-state index contributed by atoms with van der Waals surface area (Å²) in [5.74, 6) is 2.10. The van der Waals surface area contributed by atoms with Crippen LogP contribution in [0.25, 0.3) is 0 Å². The van der Waals surface area contributed by atoms with Gasteiger partial charge in [-0.3, -0.25) is 0 Å². The van der Waals surface area contributed by atoms with Crippen molar-refractivity contribution in [2.45, 2.75) is 54.4 Å². The van der Waals surface area contributed by atoms with E-state index < -0.39 is 0 Å². The van der Waals surface area contributed by atoms with Crippen molar-refractivity contribution < 1.29 is 0 Å². The highest BCUT2D eigenvalue weighted by molar-refractivity contribution is 4.76. The van der Waals surface area contributed by atoms with E-state index in [2.05, 4.69) is 27.7 Å². The minimum absolute atomic E-state index is 1.05. The third-order valence-corrected chi connectivity index (χ3v) is 1.51. The fraction of sp³-hybridized carbons (Fsp3) is 1.00. The molecule has 0 bridgehead atoms. The standard InChI is InChI=1S/C5H10.C3H8.C2H6/c1-4-3-5(4)2;1-3-2;1-2/h4-5H,3H2,1-2H3;3H2,1-2H3;1-2H3. The van der Waals surface area contributed by atoms with Gasteiger partial charge >= 0.3 is 0 Å². The minimum atomic E-state index is 1.05. The molecule has 0 aromatic heterocycles. The van der Waals surface area contributed by atoms with E-state index in [4.69, 9.17) is 0 Å².